The third kappa shape index (κ3) is 5.05. The van der Waals surface area contributed by atoms with Crippen molar-refractivity contribution in [1.82, 2.24) is 15.5 Å². The van der Waals surface area contributed by atoms with Gasteiger partial charge in [0.15, 0.2) is 0 Å². The first-order chi connectivity index (χ1) is 8.13. The number of halogens is 2. The van der Waals surface area contributed by atoms with E-state index in [0.29, 0.717) is 25.6 Å². The van der Waals surface area contributed by atoms with Crippen LogP contribution in [0.25, 0.3) is 0 Å². The van der Waals surface area contributed by atoms with Crippen molar-refractivity contribution in [2.24, 2.45) is 0 Å². The quantitative estimate of drug-likeness (QED) is 0.678. The van der Waals surface area contributed by atoms with Gasteiger partial charge in [-0.05, 0) is 0 Å². The van der Waals surface area contributed by atoms with Gasteiger partial charge in [-0.3, -0.25) is 0 Å². The first-order valence-corrected chi connectivity index (χ1v) is 5.14. The lowest BCUT2D eigenvalue weighted by molar-refractivity contribution is 0.155. The van der Waals surface area contributed by atoms with Gasteiger partial charge in [0.05, 0.1) is 19.7 Å². The van der Waals surface area contributed by atoms with E-state index in [1.807, 2.05) is 0 Å². The van der Waals surface area contributed by atoms with E-state index in [0.717, 1.165) is 0 Å². The number of anilines is 1. The largest absolute Gasteiger partial charge is 0.407 e. The molecule has 1 N–H and O–H groups in total. The van der Waals surface area contributed by atoms with E-state index in [1.54, 1.807) is 7.11 Å². The number of ether oxygens (including phenoxy) is 1. The molecule has 1 aromatic rings. The van der Waals surface area contributed by atoms with E-state index in [9.17, 15) is 8.78 Å². The van der Waals surface area contributed by atoms with Gasteiger partial charge in [0.2, 0.25) is 5.89 Å². The van der Waals surface area contributed by atoms with Crippen LogP contribution in [0.2, 0.25) is 0 Å². The summed E-state index contributed by atoms with van der Waals surface area (Å²) in [6.45, 7) is 1.19. The Morgan fingerprint density at radius 3 is 2.88 bits per heavy atom. The molecule has 17 heavy (non-hydrogen) atoms. The van der Waals surface area contributed by atoms with Gasteiger partial charge >= 0.3 is 6.01 Å². The summed E-state index contributed by atoms with van der Waals surface area (Å²) >= 11 is 0. The van der Waals surface area contributed by atoms with Crippen LogP contribution in [0, 0.1) is 0 Å². The van der Waals surface area contributed by atoms with Crippen LogP contribution < -0.4 is 10.2 Å². The molecule has 0 unspecified atom stereocenters. The van der Waals surface area contributed by atoms with E-state index in [1.165, 1.54) is 11.9 Å². The maximum atomic E-state index is 12.1. The fourth-order valence-corrected chi connectivity index (χ4v) is 1.13. The molecule has 6 nitrogen and oxygen atoms in total. The molecular weight excluding hydrogens is 234 g/mol. The summed E-state index contributed by atoms with van der Waals surface area (Å²) in [5, 5.41) is 10.4. The van der Waals surface area contributed by atoms with Crippen LogP contribution in [-0.4, -0.2) is 50.5 Å². The predicted molar refractivity (Wildman–Crippen MR) is 57.2 cm³/mol. The maximum absolute atomic E-state index is 12.1. The minimum atomic E-state index is -2.44. The number of hydrogen-bond acceptors (Lipinski definition) is 6. The molecule has 98 valence electrons. The van der Waals surface area contributed by atoms with Crippen molar-refractivity contribution < 1.29 is 17.9 Å². The Labute approximate surface area is 97.9 Å². The highest BCUT2D eigenvalue weighted by atomic mass is 19.3. The summed E-state index contributed by atoms with van der Waals surface area (Å²) in [6, 6.07) is 0.0915. The van der Waals surface area contributed by atoms with Crippen LogP contribution in [0.3, 0.4) is 0 Å². The number of nitrogens with one attached hydrogen (secondary N) is 1. The van der Waals surface area contributed by atoms with Gasteiger partial charge in [0, 0.05) is 20.7 Å². The van der Waals surface area contributed by atoms with Gasteiger partial charge in [-0.1, -0.05) is 5.10 Å². The second-order valence-corrected chi connectivity index (χ2v) is 3.42. The molecule has 1 aromatic heterocycles. The third-order valence-electron chi connectivity index (χ3n) is 1.95. The fraction of sp³-hybridized carbons (Fsp3) is 0.778. The number of methoxy groups -OCH3 is 1. The highest BCUT2D eigenvalue weighted by Crippen LogP contribution is 2.11. The smallest absolute Gasteiger partial charge is 0.318 e. The lowest BCUT2D eigenvalue weighted by Gasteiger charge is -2.12. The average molecular weight is 250 g/mol. The van der Waals surface area contributed by atoms with Crippen LogP contribution >= 0.6 is 0 Å². The second-order valence-electron chi connectivity index (χ2n) is 3.42. The summed E-state index contributed by atoms with van der Waals surface area (Å²) in [7, 11) is 3.08. The molecule has 0 spiro atoms. The van der Waals surface area contributed by atoms with Crippen molar-refractivity contribution >= 4 is 6.01 Å². The fourth-order valence-electron chi connectivity index (χ4n) is 1.13. The summed E-state index contributed by atoms with van der Waals surface area (Å²) < 4.78 is 34.3. The molecule has 0 atom stereocenters. The standard InChI is InChI=1S/C9H16F2N4O2/c1-15(6-7(10)11)9-14-13-8(17-9)5-12-3-4-16-2/h7,12H,3-6H2,1-2H3. The zero-order chi connectivity index (χ0) is 12.7. The van der Waals surface area contributed by atoms with E-state index in [2.05, 4.69) is 15.5 Å². The molecule has 0 saturated heterocycles. The summed E-state index contributed by atoms with van der Waals surface area (Å²) in [5.74, 6) is 0.359. The van der Waals surface area contributed by atoms with E-state index in [-0.39, 0.29) is 6.01 Å². The Morgan fingerprint density at radius 2 is 2.24 bits per heavy atom. The molecule has 0 aliphatic heterocycles. The van der Waals surface area contributed by atoms with E-state index < -0.39 is 13.0 Å². The van der Waals surface area contributed by atoms with Crippen molar-refractivity contribution in [2.45, 2.75) is 13.0 Å². The monoisotopic (exact) mass is 250 g/mol. The lowest BCUT2D eigenvalue weighted by Crippen LogP contribution is -2.24. The lowest BCUT2D eigenvalue weighted by atomic mass is 10.6. The topological polar surface area (TPSA) is 63.4 Å². The zero-order valence-electron chi connectivity index (χ0n) is 9.82. The molecule has 0 aromatic carbocycles. The molecule has 0 fully saturated rings. The molecule has 0 saturated carbocycles. The zero-order valence-corrected chi connectivity index (χ0v) is 9.82. The van der Waals surface area contributed by atoms with Crippen molar-refractivity contribution in [3.05, 3.63) is 5.89 Å². The Morgan fingerprint density at radius 1 is 1.47 bits per heavy atom. The van der Waals surface area contributed by atoms with Crippen LogP contribution in [0.5, 0.6) is 0 Å². The molecule has 8 heteroatoms. The molecule has 0 aliphatic carbocycles. The second kappa shape index (κ2) is 7.13. The number of nitrogens with zero attached hydrogens (tertiary/aromatic N) is 3. The summed E-state index contributed by atoms with van der Waals surface area (Å²) in [5.41, 5.74) is 0. The van der Waals surface area contributed by atoms with Crippen LogP contribution in [0.1, 0.15) is 5.89 Å². The molecular formula is C9H16F2N4O2. The minimum absolute atomic E-state index is 0.0915. The Bertz CT molecular complexity index is 322. The van der Waals surface area contributed by atoms with Crippen molar-refractivity contribution in [1.29, 1.82) is 0 Å². The van der Waals surface area contributed by atoms with Gasteiger partial charge in [-0.25, -0.2) is 8.78 Å². The van der Waals surface area contributed by atoms with Crippen molar-refractivity contribution in [3.8, 4) is 0 Å². The van der Waals surface area contributed by atoms with Crippen LogP contribution in [-0.2, 0) is 11.3 Å². The van der Waals surface area contributed by atoms with Crippen LogP contribution in [0.15, 0.2) is 4.42 Å². The normalized spacial score (nSPS) is 11.1. The van der Waals surface area contributed by atoms with Crippen molar-refractivity contribution in [2.75, 3.05) is 38.8 Å². The Kier molecular flexibility index (Phi) is 5.78. The van der Waals surface area contributed by atoms with Gasteiger partial charge in [-0.15, -0.1) is 5.10 Å². The van der Waals surface area contributed by atoms with Gasteiger partial charge in [0.1, 0.15) is 0 Å². The highest BCUT2D eigenvalue weighted by Gasteiger charge is 2.14. The molecule has 0 radical (unpaired) electrons. The third-order valence-corrected chi connectivity index (χ3v) is 1.95. The Balaban J connectivity index is 2.36. The molecule has 1 heterocycles. The van der Waals surface area contributed by atoms with Gasteiger partial charge in [0.25, 0.3) is 6.43 Å². The van der Waals surface area contributed by atoms with Crippen molar-refractivity contribution in [3.63, 3.8) is 0 Å². The molecule has 0 amide bonds. The average Bonchev–Trinajstić information content (AvgIpc) is 2.72. The molecule has 0 aliphatic rings. The van der Waals surface area contributed by atoms with Gasteiger partial charge < -0.3 is 19.4 Å². The summed E-state index contributed by atoms with van der Waals surface area (Å²) in [6.07, 6.45) is -2.44. The van der Waals surface area contributed by atoms with E-state index >= 15 is 0 Å². The van der Waals surface area contributed by atoms with E-state index in [4.69, 9.17) is 9.15 Å². The number of rotatable bonds is 8. The molecule has 0 bridgehead atoms. The maximum Gasteiger partial charge on any atom is 0.318 e. The predicted octanol–water partition coefficient (Wildman–Crippen LogP) is 0.507. The minimum Gasteiger partial charge on any atom is -0.407 e. The van der Waals surface area contributed by atoms with Crippen LogP contribution in [0.4, 0.5) is 14.8 Å². The first kappa shape index (κ1) is 13.8. The number of alkyl halides is 2. The number of aromatic nitrogens is 2. The number of hydrogen-bond donors (Lipinski definition) is 1. The SMILES string of the molecule is COCCNCc1nnc(N(C)CC(F)F)o1. The first-order valence-electron chi connectivity index (χ1n) is 5.14. The summed E-state index contributed by atoms with van der Waals surface area (Å²) in [4.78, 5) is 1.22. The highest BCUT2D eigenvalue weighted by molar-refractivity contribution is 5.21. The Hall–Kier alpha value is -1.28. The van der Waals surface area contributed by atoms with Gasteiger partial charge in [-0.2, -0.15) is 0 Å². The molecule has 1 rings (SSSR count).